The minimum absolute atomic E-state index is 0.165. The molecule has 0 aliphatic heterocycles. The van der Waals surface area contributed by atoms with Gasteiger partial charge in [-0.25, -0.2) is 0 Å². The lowest BCUT2D eigenvalue weighted by Gasteiger charge is -2.08. The molecule has 0 fully saturated rings. The molecule has 2 amide bonds. The van der Waals surface area contributed by atoms with Crippen LogP contribution in [0.3, 0.4) is 0 Å². The van der Waals surface area contributed by atoms with Crippen molar-refractivity contribution in [1.82, 2.24) is 10.6 Å². The van der Waals surface area contributed by atoms with Crippen LogP contribution in [0.5, 0.6) is 0 Å². The summed E-state index contributed by atoms with van der Waals surface area (Å²) in [4.78, 5) is 32.9. The van der Waals surface area contributed by atoms with E-state index in [-0.39, 0.29) is 35.8 Å². The van der Waals surface area contributed by atoms with E-state index in [2.05, 4.69) is 16.0 Å². The summed E-state index contributed by atoms with van der Waals surface area (Å²) in [6.45, 7) is 0.264. The first-order chi connectivity index (χ1) is 9.49. The third kappa shape index (κ3) is 3.94. The minimum Gasteiger partial charge on any atom is -0.379 e. The molecular formula is C12H16N4O4. The number of nitro groups is 1. The number of nitro benzene ring substituents is 1. The molecule has 0 aliphatic rings. The van der Waals surface area contributed by atoms with Gasteiger partial charge in [-0.3, -0.25) is 19.7 Å². The molecule has 0 aliphatic carbocycles. The number of benzene rings is 1. The molecule has 0 heterocycles. The number of hydrogen-bond donors (Lipinski definition) is 3. The van der Waals surface area contributed by atoms with Crippen molar-refractivity contribution in [1.29, 1.82) is 0 Å². The van der Waals surface area contributed by atoms with Gasteiger partial charge in [0.25, 0.3) is 11.6 Å². The molecular weight excluding hydrogens is 264 g/mol. The zero-order chi connectivity index (χ0) is 15.1. The zero-order valence-corrected chi connectivity index (χ0v) is 11.2. The van der Waals surface area contributed by atoms with E-state index in [1.165, 1.54) is 32.3 Å². The third-order valence-corrected chi connectivity index (χ3v) is 2.63. The van der Waals surface area contributed by atoms with E-state index in [0.29, 0.717) is 0 Å². The van der Waals surface area contributed by atoms with Crippen molar-refractivity contribution in [2.45, 2.75) is 6.42 Å². The Labute approximate surface area is 115 Å². The maximum atomic E-state index is 11.4. The molecule has 20 heavy (non-hydrogen) atoms. The van der Waals surface area contributed by atoms with Gasteiger partial charge in [0.05, 0.1) is 4.92 Å². The average Bonchev–Trinajstić information content (AvgIpc) is 2.46. The highest BCUT2D eigenvalue weighted by molar-refractivity contribution is 5.95. The minimum atomic E-state index is -0.575. The summed E-state index contributed by atoms with van der Waals surface area (Å²) in [5.74, 6) is -0.563. The fourth-order valence-corrected chi connectivity index (χ4v) is 1.55. The number of amides is 2. The Morgan fingerprint density at radius 3 is 2.50 bits per heavy atom. The van der Waals surface area contributed by atoms with Crippen LogP contribution in [0.25, 0.3) is 0 Å². The molecule has 0 radical (unpaired) electrons. The maximum Gasteiger partial charge on any atom is 0.293 e. The predicted octanol–water partition coefficient (Wildman–Crippen LogP) is 0.502. The number of nitrogens with zero attached hydrogens (tertiary/aromatic N) is 1. The molecule has 1 aromatic carbocycles. The van der Waals surface area contributed by atoms with Crippen LogP contribution in [0.15, 0.2) is 18.2 Å². The smallest absolute Gasteiger partial charge is 0.293 e. The third-order valence-electron chi connectivity index (χ3n) is 2.63. The summed E-state index contributed by atoms with van der Waals surface area (Å²) in [5, 5.41) is 18.7. The first kappa shape index (κ1) is 15.4. The molecule has 0 spiro atoms. The molecule has 8 nitrogen and oxygen atoms in total. The van der Waals surface area contributed by atoms with Gasteiger partial charge in [-0.15, -0.1) is 0 Å². The number of anilines is 1. The van der Waals surface area contributed by atoms with Crippen molar-refractivity contribution in [3.05, 3.63) is 33.9 Å². The van der Waals surface area contributed by atoms with Gasteiger partial charge in [0.2, 0.25) is 5.91 Å². The molecule has 8 heteroatoms. The SMILES string of the molecule is CNC(=O)CCNc1ccc(C(=O)NC)cc1[N+](=O)[O-]. The van der Waals surface area contributed by atoms with Crippen LogP contribution in [0.2, 0.25) is 0 Å². The van der Waals surface area contributed by atoms with Gasteiger partial charge in [-0.1, -0.05) is 0 Å². The second-order valence-corrected chi connectivity index (χ2v) is 3.92. The highest BCUT2D eigenvalue weighted by Crippen LogP contribution is 2.25. The molecule has 0 unspecified atom stereocenters. The van der Waals surface area contributed by atoms with Gasteiger partial charge < -0.3 is 16.0 Å². The topological polar surface area (TPSA) is 113 Å². The van der Waals surface area contributed by atoms with Crippen LogP contribution in [0, 0.1) is 10.1 Å². The molecule has 3 N–H and O–H groups in total. The highest BCUT2D eigenvalue weighted by Gasteiger charge is 2.17. The highest BCUT2D eigenvalue weighted by atomic mass is 16.6. The summed E-state index contributed by atoms with van der Waals surface area (Å²) in [6.07, 6.45) is 0.199. The monoisotopic (exact) mass is 280 g/mol. The van der Waals surface area contributed by atoms with E-state index in [0.717, 1.165) is 0 Å². The molecule has 108 valence electrons. The first-order valence-electron chi connectivity index (χ1n) is 5.94. The van der Waals surface area contributed by atoms with Crippen molar-refractivity contribution < 1.29 is 14.5 Å². The fraction of sp³-hybridized carbons (Fsp3) is 0.333. The van der Waals surface area contributed by atoms with Crippen LogP contribution >= 0.6 is 0 Å². The van der Waals surface area contributed by atoms with E-state index in [9.17, 15) is 19.7 Å². The molecule has 0 saturated carbocycles. The van der Waals surface area contributed by atoms with Crippen LogP contribution in [-0.4, -0.2) is 37.4 Å². The van der Waals surface area contributed by atoms with E-state index in [4.69, 9.17) is 0 Å². The van der Waals surface area contributed by atoms with Crippen molar-refractivity contribution in [2.75, 3.05) is 26.0 Å². The van der Waals surface area contributed by atoms with Gasteiger partial charge in [0.15, 0.2) is 0 Å². The first-order valence-corrected chi connectivity index (χ1v) is 5.94. The lowest BCUT2D eigenvalue weighted by Crippen LogP contribution is -2.21. The average molecular weight is 280 g/mol. The van der Waals surface area contributed by atoms with Crippen molar-refractivity contribution in [3.8, 4) is 0 Å². The number of rotatable bonds is 6. The second kappa shape index (κ2) is 7.07. The summed E-state index contributed by atoms with van der Waals surface area (Å²) in [5.41, 5.74) is 0.269. The lowest BCUT2D eigenvalue weighted by molar-refractivity contribution is -0.384. The quantitative estimate of drug-likeness (QED) is 0.519. The van der Waals surface area contributed by atoms with Crippen molar-refractivity contribution >= 4 is 23.2 Å². The standard InChI is InChI=1S/C12H16N4O4/c1-13-11(17)5-6-15-9-4-3-8(12(18)14-2)7-10(9)16(19)20/h3-4,7,15H,5-6H2,1-2H3,(H,13,17)(H,14,18). The van der Waals surface area contributed by atoms with Crippen molar-refractivity contribution in [2.24, 2.45) is 0 Å². The van der Waals surface area contributed by atoms with Crippen LogP contribution in [-0.2, 0) is 4.79 Å². The van der Waals surface area contributed by atoms with Gasteiger partial charge in [0, 0.05) is 38.7 Å². The molecule has 0 saturated heterocycles. The molecule has 0 bridgehead atoms. The number of nitrogens with one attached hydrogen (secondary N) is 3. The van der Waals surface area contributed by atoms with E-state index >= 15 is 0 Å². The Kier molecular flexibility index (Phi) is 5.45. The van der Waals surface area contributed by atoms with Crippen molar-refractivity contribution in [3.63, 3.8) is 0 Å². The summed E-state index contributed by atoms with van der Waals surface area (Å²) < 4.78 is 0. The summed E-state index contributed by atoms with van der Waals surface area (Å²) in [7, 11) is 2.96. The zero-order valence-electron chi connectivity index (χ0n) is 11.2. The molecule has 1 rings (SSSR count). The van der Waals surface area contributed by atoms with E-state index < -0.39 is 10.8 Å². The van der Waals surface area contributed by atoms with Crippen LogP contribution in [0.4, 0.5) is 11.4 Å². The summed E-state index contributed by atoms with van der Waals surface area (Å²) >= 11 is 0. The number of carbonyl (C=O) groups is 2. The molecule has 1 aromatic rings. The Hall–Kier alpha value is -2.64. The predicted molar refractivity (Wildman–Crippen MR) is 73.7 cm³/mol. The molecule has 0 atom stereocenters. The Morgan fingerprint density at radius 1 is 1.25 bits per heavy atom. The number of hydrogen-bond acceptors (Lipinski definition) is 5. The van der Waals surface area contributed by atoms with E-state index in [1.807, 2.05) is 0 Å². The Morgan fingerprint density at radius 2 is 1.95 bits per heavy atom. The molecule has 0 aromatic heterocycles. The number of carbonyl (C=O) groups excluding carboxylic acids is 2. The Balaban J connectivity index is 2.88. The van der Waals surface area contributed by atoms with Crippen LogP contribution < -0.4 is 16.0 Å². The fourth-order valence-electron chi connectivity index (χ4n) is 1.55. The van der Waals surface area contributed by atoms with E-state index in [1.54, 1.807) is 0 Å². The van der Waals surface area contributed by atoms with Gasteiger partial charge in [-0.05, 0) is 12.1 Å². The van der Waals surface area contributed by atoms with Gasteiger partial charge >= 0.3 is 0 Å². The van der Waals surface area contributed by atoms with Crippen LogP contribution in [0.1, 0.15) is 16.8 Å². The normalized spacial score (nSPS) is 9.70. The second-order valence-electron chi connectivity index (χ2n) is 3.92. The van der Waals surface area contributed by atoms with Gasteiger partial charge in [0.1, 0.15) is 5.69 Å². The Bertz CT molecular complexity index is 530. The largest absolute Gasteiger partial charge is 0.379 e. The maximum absolute atomic E-state index is 11.4. The van der Waals surface area contributed by atoms with Gasteiger partial charge in [-0.2, -0.15) is 0 Å². The summed E-state index contributed by atoms with van der Waals surface area (Å²) in [6, 6.07) is 4.13. The lowest BCUT2D eigenvalue weighted by atomic mass is 10.1.